The number of rotatable bonds is 6. The van der Waals surface area contributed by atoms with Crippen LogP contribution in [0.25, 0.3) is 11.3 Å². The Morgan fingerprint density at radius 3 is 2.59 bits per heavy atom. The van der Waals surface area contributed by atoms with Crippen LogP contribution < -0.4 is 0 Å². The Labute approximate surface area is 164 Å². The molecule has 0 radical (unpaired) electrons. The van der Waals surface area contributed by atoms with E-state index in [9.17, 15) is 13.2 Å². The molecule has 146 valence electrons. The zero-order chi connectivity index (χ0) is 19.4. The Balaban J connectivity index is 1.53. The number of aromatic nitrogens is 1. The summed E-state index contributed by atoms with van der Waals surface area (Å²) in [7, 11) is -3.19. The average molecular weight is 412 g/mol. The second-order valence-corrected chi connectivity index (χ2v) is 8.94. The first-order valence-corrected chi connectivity index (χ1v) is 10.8. The van der Waals surface area contributed by atoms with Crippen LogP contribution in [0.15, 0.2) is 34.9 Å². The van der Waals surface area contributed by atoms with Crippen LogP contribution in [0.5, 0.6) is 0 Å². The first kappa shape index (κ1) is 19.9. The molecule has 1 fully saturated rings. The Morgan fingerprint density at radius 1 is 1.22 bits per heavy atom. The molecule has 1 aliphatic heterocycles. The zero-order valence-corrected chi connectivity index (χ0v) is 16.7. The van der Waals surface area contributed by atoms with Crippen molar-refractivity contribution in [3.8, 4) is 11.3 Å². The summed E-state index contributed by atoms with van der Waals surface area (Å²) in [6.07, 6.45) is 2.26. The van der Waals surface area contributed by atoms with E-state index in [0.717, 1.165) is 5.56 Å². The fourth-order valence-electron chi connectivity index (χ4n) is 2.98. The van der Waals surface area contributed by atoms with Gasteiger partial charge < -0.3 is 9.32 Å². The minimum atomic E-state index is -3.19. The third kappa shape index (κ3) is 4.69. The molecule has 1 saturated heterocycles. The third-order valence-electron chi connectivity index (χ3n) is 4.60. The summed E-state index contributed by atoms with van der Waals surface area (Å²) >= 11 is 6.16. The van der Waals surface area contributed by atoms with E-state index in [0.29, 0.717) is 49.3 Å². The number of oxazole rings is 1. The van der Waals surface area contributed by atoms with Crippen molar-refractivity contribution in [1.82, 2.24) is 14.2 Å². The highest BCUT2D eigenvalue weighted by molar-refractivity contribution is 7.89. The van der Waals surface area contributed by atoms with Crippen LogP contribution in [-0.4, -0.2) is 60.4 Å². The maximum Gasteiger partial charge on any atom is 0.223 e. The molecule has 2 heterocycles. The van der Waals surface area contributed by atoms with Crippen LogP contribution >= 0.6 is 11.6 Å². The van der Waals surface area contributed by atoms with Crippen LogP contribution in [-0.2, 0) is 21.2 Å². The van der Waals surface area contributed by atoms with Crippen LogP contribution in [0, 0.1) is 0 Å². The minimum absolute atomic E-state index is 0.0268. The molecule has 0 N–H and O–H groups in total. The molecule has 0 atom stereocenters. The predicted octanol–water partition coefficient (Wildman–Crippen LogP) is 2.42. The van der Waals surface area contributed by atoms with Crippen molar-refractivity contribution in [2.45, 2.75) is 19.8 Å². The molecule has 0 spiro atoms. The quantitative estimate of drug-likeness (QED) is 0.728. The molecule has 0 bridgehead atoms. The smallest absolute Gasteiger partial charge is 0.223 e. The molecular weight excluding hydrogens is 390 g/mol. The van der Waals surface area contributed by atoms with Crippen molar-refractivity contribution in [1.29, 1.82) is 0 Å². The van der Waals surface area contributed by atoms with Crippen molar-refractivity contribution in [2.24, 2.45) is 0 Å². The van der Waals surface area contributed by atoms with Gasteiger partial charge >= 0.3 is 0 Å². The number of amides is 1. The van der Waals surface area contributed by atoms with Gasteiger partial charge in [-0.2, -0.15) is 4.31 Å². The first-order chi connectivity index (χ1) is 12.9. The SMILES string of the molecule is CCS(=O)(=O)N1CCN(C(=O)CCc2ncc(-c3ccccc3Cl)o2)CC1. The summed E-state index contributed by atoms with van der Waals surface area (Å²) in [5.41, 5.74) is 0.762. The number of aryl methyl sites for hydroxylation is 1. The molecule has 1 aliphatic rings. The van der Waals surface area contributed by atoms with Crippen molar-refractivity contribution < 1.29 is 17.6 Å². The molecule has 0 saturated carbocycles. The van der Waals surface area contributed by atoms with Gasteiger partial charge in [-0.3, -0.25) is 4.79 Å². The lowest BCUT2D eigenvalue weighted by Gasteiger charge is -2.33. The normalized spacial score (nSPS) is 15.9. The van der Waals surface area contributed by atoms with E-state index >= 15 is 0 Å². The number of halogens is 1. The van der Waals surface area contributed by atoms with Gasteiger partial charge in [0, 0.05) is 44.6 Å². The highest BCUT2D eigenvalue weighted by Gasteiger charge is 2.27. The second kappa shape index (κ2) is 8.41. The van der Waals surface area contributed by atoms with Crippen molar-refractivity contribution in [2.75, 3.05) is 31.9 Å². The lowest BCUT2D eigenvalue weighted by atomic mass is 10.2. The molecule has 1 amide bonds. The van der Waals surface area contributed by atoms with E-state index < -0.39 is 10.0 Å². The van der Waals surface area contributed by atoms with Gasteiger partial charge in [0.1, 0.15) is 0 Å². The zero-order valence-electron chi connectivity index (χ0n) is 15.1. The van der Waals surface area contributed by atoms with Gasteiger partial charge in [-0.1, -0.05) is 23.7 Å². The van der Waals surface area contributed by atoms with Gasteiger partial charge in [0.2, 0.25) is 15.9 Å². The molecule has 9 heteroatoms. The molecular formula is C18H22ClN3O4S. The molecule has 27 heavy (non-hydrogen) atoms. The maximum absolute atomic E-state index is 12.4. The summed E-state index contributed by atoms with van der Waals surface area (Å²) in [6, 6.07) is 7.33. The number of piperazine rings is 1. The number of benzene rings is 1. The van der Waals surface area contributed by atoms with E-state index in [1.807, 2.05) is 18.2 Å². The van der Waals surface area contributed by atoms with Gasteiger partial charge in [0.05, 0.1) is 17.0 Å². The van der Waals surface area contributed by atoms with Gasteiger partial charge in [-0.25, -0.2) is 13.4 Å². The number of sulfonamides is 1. The third-order valence-corrected chi connectivity index (χ3v) is 6.81. The summed E-state index contributed by atoms with van der Waals surface area (Å²) < 4.78 is 30.9. The highest BCUT2D eigenvalue weighted by atomic mass is 35.5. The summed E-state index contributed by atoms with van der Waals surface area (Å²) in [5.74, 6) is 1.10. The molecule has 0 unspecified atom stereocenters. The highest BCUT2D eigenvalue weighted by Crippen LogP contribution is 2.28. The lowest BCUT2D eigenvalue weighted by molar-refractivity contribution is -0.132. The first-order valence-electron chi connectivity index (χ1n) is 8.86. The van der Waals surface area contributed by atoms with Gasteiger partial charge in [-0.05, 0) is 19.1 Å². The van der Waals surface area contributed by atoms with Crippen LogP contribution in [0.2, 0.25) is 5.02 Å². The fourth-order valence-corrected chi connectivity index (χ4v) is 4.30. The van der Waals surface area contributed by atoms with Crippen molar-refractivity contribution in [3.05, 3.63) is 41.4 Å². The Hall–Kier alpha value is -1.90. The number of hydrogen-bond donors (Lipinski definition) is 0. The van der Waals surface area contributed by atoms with E-state index in [-0.39, 0.29) is 18.1 Å². The topological polar surface area (TPSA) is 83.7 Å². The molecule has 0 aliphatic carbocycles. The van der Waals surface area contributed by atoms with E-state index in [2.05, 4.69) is 4.98 Å². The van der Waals surface area contributed by atoms with Crippen LogP contribution in [0.3, 0.4) is 0 Å². The van der Waals surface area contributed by atoms with Crippen molar-refractivity contribution in [3.63, 3.8) is 0 Å². The predicted molar refractivity (Wildman–Crippen MR) is 103 cm³/mol. The maximum atomic E-state index is 12.4. The number of hydrogen-bond acceptors (Lipinski definition) is 5. The molecule has 1 aromatic heterocycles. The Bertz CT molecular complexity index is 905. The standard InChI is InChI=1S/C18H22ClN3O4S/c1-2-27(24,25)22-11-9-21(10-12-22)18(23)8-7-17-20-13-16(26-17)14-5-3-4-6-15(14)19/h3-6,13H,2,7-12H2,1H3. The lowest BCUT2D eigenvalue weighted by Crippen LogP contribution is -2.50. The molecule has 1 aromatic carbocycles. The summed E-state index contributed by atoms with van der Waals surface area (Å²) in [6.45, 7) is 3.14. The fraction of sp³-hybridized carbons (Fsp3) is 0.444. The number of nitrogens with zero attached hydrogens (tertiary/aromatic N) is 3. The largest absolute Gasteiger partial charge is 0.441 e. The summed E-state index contributed by atoms with van der Waals surface area (Å²) in [4.78, 5) is 18.3. The number of carbonyl (C=O) groups is 1. The van der Waals surface area contributed by atoms with Gasteiger partial charge in [-0.15, -0.1) is 0 Å². The van der Waals surface area contributed by atoms with E-state index in [4.69, 9.17) is 16.0 Å². The molecule has 3 rings (SSSR count). The Morgan fingerprint density at radius 2 is 1.93 bits per heavy atom. The monoisotopic (exact) mass is 411 g/mol. The van der Waals surface area contributed by atoms with E-state index in [1.54, 1.807) is 24.1 Å². The van der Waals surface area contributed by atoms with Crippen molar-refractivity contribution >= 4 is 27.5 Å². The van der Waals surface area contributed by atoms with Gasteiger partial charge in [0.25, 0.3) is 0 Å². The van der Waals surface area contributed by atoms with Gasteiger partial charge in [0.15, 0.2) is 11.7 Å². The Kier molecular flexibility index (Phi) is 6.18. The minimum Gasteiger partial charge on any atom is -0.441 e. The molecule has 2 aromatic rings. The van der Waals surface area contributed by atoms with E-state index in [1.165, 1.54) is 4.31 Å². The average Bonchev–Trinajstić information content (AvgIpc) is 3.15. The molecule has 7 nitrogen and oxygen atoms in total. The second-order valence-electron chi connectivity index (χ2n) is 6.28. The van der Waals surface area contributed by atoms with Crippen LogP contribution in [0.4, 0.5) is 0 Å². The number of carbonyl (C=O) groups excluding carboxylic acids is 1. The summed E-state index contributed by atoms with van der Waals surface area (Å²) in [5, 5.41) is 0.580. The van der Waals surface area contributed by atoms with Crippen LogP contribution in [0.1, 0.15) is 19.2 Å².